The third kappa shape index (κ3) is 7.03. The maximum Gasteiger partial charge on any atom is 0.190 e. The molecule has 130 valence electrons. The van der Waals surface area contributed by atoms with E-state index in [4.69, 9.17) is 0 Å². The molecule has 0 aliphatic carbocycles. The fourth-order valence-corrected chi connectivity index (χ4v) is 2.90. The number of guanidine groups is 1. The minimum atomic E-state index is 0.901. The highest BCUT2D eigenvalue weighted by atomic mass is 15.3. The van der Waals surface area contributed by atoms with Gasteiger partial charge in [0.1, 0.15) is 0 Å². The van der Waals surface area contributed by atoms with Gasteiger partial charge in [0, 0.05) is 39.1 Å². The number of hydrogen-bond donors (Lipinski definition) is 2. The summed E-state index contributed by atoms with van der Waals surface area (Å²) in [5, 5.41) is 11.0. The predicted molar refractivity (Wildman–Crippen MR) is 95.7 cm³/mol. The molecule has 0 spiro atoms. The van der Waals surface area contributed by atoms with Crippen molar-refractivity contribution in [2.24, 2.45) is 10.9 Å². The van der Waals surface area contributed by atoms with Gasteiger partial charge < -0.3 is 15.5 Å². The van der Waals surface area contributed by atoms with Gasteiger partial charge in [-0.15, -0.1) is 0 Å². The van der Waals surface area contributed by atoms with Crippen LogP contribution in [0.1, 0.15) is 32.6 Å². The smallest absolute Gasteiger partial charge is 0.190 e. The molecule has 1 saturated heterocycles. The molecule has 0 bridgehead atoms. The van der Waals surface area contributed by atoms with Crippen molar-refractivity contribution in [2.75, 3.05) is 39.8 Å². The summed E-state index contributed by atoms with van der Waals surface area (Å²) >= 11 is 0. The highest BCUT2D eigenvalue weighted by molar-refractivity contribution is 5.79. The Labute approximate surface area is 140 Å². The van der Waals surface area contributed by atoms with Gasteiger partial charge in [0.2, 0.25) is 0 Å². The molecule has 0 aromatic carbocycles. The molecule has 1 aliphatic heterocycles. The standard InChI is InChI=1S/C17H32N6/c1-16-6-14-22(15-7-16)11-3-8-19-17(18-2)20-9-4-12-23-13-5-10-21-23/h5,10,13,16H,3-4,6-9,11-12,14-15H2,1-2H3,(H2,18,19,20). The van der Waals surface area contributed by atoms with Gasteiger partial charge >= 0.3 is 0 Å². The molecule has 0 radical (unpaired) electrons. The number of aryl methyl sites for hydroxylation is 1. The SMILES string of the molecule is CN=C(NCCCN1CCC(C)CC1)NCCCn1cccn1. The number of hydrogen-bond acceptors (Lipinski definition) is 3. The topological polar surface area (TPSA) is 57.5 Å². The summed E-state index contributed by atoms with van der Waals surface area (Å²) in [6.45, 7) is 8.90. The van der Waals surface area contributed by atoms with Crippen molar-refractivity contribution in [2.45, 2.75) is 39.2 Å². The molecule has 6 nitrogen and oxygen atoms in total. The zero-order valence-corrected chi connectivity index (χ0v) is 14.7. The van der Waals surface area contributed by atoms with E-state index >= 15 is 0 Å². The van der Waals surface area contributed by atoms with E-state index in [2.05, 4.69) is 32.5 Å². The van der Waals surface area contributed by atoms with Crippen molar-refractivity contribution in [3.05, 3.63) is 18.5 Å². The average molecular weight is 320 g/mol. The summed E-state index contributed by atoms with van der Waals surface area (Å²) < 4.78 is 1.96. The number of rotatable bonds is 8. The largest absolute Gasteiger partial charge is 0.356 e. The Balaban J connectivity index is 1.49. The van der Waals surface area contributed by atoms with Crippen LogP contribution in [-0.2, 0) is 6.54 Å². The molecule has 6 heteroatoms. The molecular weight excluding hydrogens is 288 g/mol. The van der Waals surface area contributed by atoms with Gasteiger partial charge in [-0.05, 0) is 57.3 Å². The van der Waals surface area contributed by atoms with Gasteiger partial charge in [-0.2, -0.15) is 5.10 Å². The summed E-state index contributed by atoms with van der Waals surface area (Å²) in [5.41, 5.74) is 0. The summed E-state index contributed by atoms with van der Waals surface area (Å²) in [7, 11) is 1.83. The number of piperidine rings is 1. The maximum absolute atomic E-state index is 4.28. The molecule has 0 amide bonds. The molecule has 0 saturated carbocycles. The number of aliphatic imine (C=N–C) groups is 1. The molecule has 23 heavy (non-hydrogen) atoms. The average Bonchev–Trinajstić information content (AvgIpc) is 3.08. The quantitative estimate of drug-likeness (QED) is 0.434. The third-order valence-corrected chi connectivity index (χ3v) is 4.46. The Morgan fingerprint density at radius 2 is 1.87 bits per heavy atom. The maximum atomic E-state index is 4.28. The lowest BCUT2D eigenvalue weighted by atomic mass is 9.99. The van der Waals surface area contributed by atoms with E-state index < -0.39 is 0 Å². The minimum Gasteiger partial charge on any atom is -0.356 e. The second-order valence-corrected chi connectivity index (χ2v) is 6.43. The number of nitrogens with zero attached hydrogens (tertiary/aromatic N) is 4. The van der Waals surface area contributed by atoms with E-state index in [1.807, 2.05) is 30.2 Å². The van der Waals surface area contributed by atoms with E-state index in [1.165, 1.54) is 38.9 Å². The van der Waals surface area contributed by atoms with Crippen molar-refractivity contribution in [1.82, 2.24) is 25.3 Å². The van der Waals surface area contributed by atoms with Gasteiger partial charge in [0.15, 0.2) is 5.96 Å². The van der Waals surface area contributed by atoms with Crippen LogP contribution in [0.2, 0.25) is 0 Å². The van der Waals surface area contributed by atoms with Crippen LogP contribution in [0.3, 0.4) is 0 Å². The second-order valence-electron chi connectivity index (χ2n) is 6.43. The number of likely N-dealkylation sites (tertiary alicyclic amines) is 1. The van der Waals surface area contributed by atoms with E-state index in [0.717, 1.165) is 37.9 Å². The van der Waals surface area contributed by atoms with Crippen molar-refractivity contribution in [1.29, 1.82) is 0 Å². The van der Waals surface area contributed by atoms with Gasteiger partial charge in [-0.25, -0.2) is 0 Å². The molecule has 1 aromatic heterocycles. The molecule has 0 atom stereocenters. The Morgan fingerprint density at radius 1 is 1.17 bits per heavy atom. The van der Waals surface area contributed by atoms with Gasteiger partial charge in [0.05, 0.1) is 0 Å². The van der Waals surface area contributed by atoms with Crippen LogP contribution in [0.4, 0.5) is 0 Å². The van der Waals surface area contributed by atoms with Crippen LogP contribution in [-0.4, -0.2) is 60.4 Å². The number of aromatic nitrogens is 2. The van der Waals surface area contributed by atoms with Crippen LogP contribution in [0, 0.1) is 5.92 Å². The van der Waals surface area contributed by atoms with Gasteiger partial charge in [-0.1, -0.05) is 6.92 Å². The summed E-state index contributed by atoms with van der Waals surface area (Å²) in [4.78, 5) is 6.86. The predicted octanol–water partition coefficient (Wildman–Crippen LogP) is 1.56. The fraction of sp³-hybridized carbons (Fsp3) is 0.765. The molecular formula is C17H32N6. The first-order valence-electron chi connectivity index (χ1n) is 8.92. The molecule has 2 heterocycles. The zero-order valence-electron chi connectivity index (χ0n) is 14.7. The van der Waals surface area contributed by atoms with Gasteiger partial charge in [0.25, 0.3) is 0 Å². The second kappa shape index (κ2) is 10.3. The normalized spacial score (nSPS) is 17.4. The Hall–Kier alpha value is -1.56. The number of nitrogens with one attached hydrogen (secondary N) is 2. The minimum absolute atomic E-state index is 0.901. The lowest BCUT2D eigenvalue weighted by molar-refractivity contribution is 0.191. The molecule has 1 fully saturated rings. The van der Waals surface area contributed by atoms with Crippen molar-refractivity contribution < 1.29 is 0 Å². The summed E-state index contributed by atoms with van der Waals surface area (Å²) in [6.07, 6.45) is 8.72. The lowest BCUT2D eigenvalue weighted by Crippen LogP contribution is -2.40. The monoisotopic (exact) mass is 320 g/mol. The van der Waals surface area contributed by atoms with E-state index in [-0.39, 0.29) is 0 Å². The van der Waals surface area contributed by atoms with Crippen molar-refractivity contribution in [3.63, 3.8) is 0 Å². The Bertz CT molecular complexity index is 434. The van der Waals surface area contributed by atoms with Crippen molar-refractivity contribution in [3.8, 4) is 0 Å². The zero-order chi connectivity index (χ0) is 16.3. The first kappa shape index (κ1) is 17.8. The van der Waals surface area contributed by atoms with Crippen LogP contribution in [0.15, 0.2) is 23.5 Å². The molecule has 1 aromatic rings. The first-order chi connectivity index (χ1) is 11.3. The fourth-order valence-electron chi connectivity index (χ4n) is 2.90. The highest BCUT2D eigenvalue weighted by Crippen LogP contribution is 2.15. The molecule has 1 aliphatic rings. The molecule has 2 N–H and O–H groups in total. The van der Waals surface area contributed by atoms with E-state index in [0.29, 0.717) is 0 Å². The third-order valence-electron chi connectivity index (χ3n) is 4.46. The van der Waals surface area contributed by atoms with Crippen LogP contribution < -0.4 is 10.6 Å². The molecule has 0 unspecified atom stereocenters. The van der Waals surface area contributed by atoms with Crippen LogP contribution in [0.25, 0.3) is 0 Å². The Morgan fingerprint density at radius 3 is 2.48 bits per heavy atom. The van der Waals surface area contributed by atoms with E-state index in [1.54, 1.807) is 0 Å². The highest BCUT2D eigenvalue weighted by Gasteiger charge is 2.14. The summed E-state index contributed by atoms with van der Waals surface area (Å²) in [6, 6.07) is 1.96. The Kier molecular flexibility index (Phi) is 7.93. The van der Waals surface area contributed by atoms with Crippen LogP contribution in [0.5, 0.6) is 0 Å². The van der Waals surface area contributed by atoms with Crippen molar-refractivity contribution >= 4 is 5.96 Å². The molecule has 2 rings (SSSR count). The first-order valence-corrected chi connectivity index (χ1v) is 8.92. The van der Waals surface area contributed by atoms with Gasteiger partial charge in [-0.3, -0.25) is 9.67 Å². The lowest BCUT2D eigenvalue weighted by Gasteiger charge is -2.30. The van der Waals surface area contributed by atoms with Crippen LogP contribution >= 0.6 is 0 Å². The summed E-state index contributed by atoms with van der Waals surface area (Å²) in [5.74, 6) is 1.81. The van der Waals surface area contributed by atoms with E-state index in [9.17, 15) is 0 Å².